The molecule has 0 atom stereocenters. The second-order valence-electron chi connectivity index (χ2n) is 21.6. The van der Waals surface area contributed by atoms with E-state index in [2.05, 4.69) is 31.7 Å². The fraction of sp³-hybridized carbons (Fsp3) is 0.108. The highest BCUT2D eigenvalue weighted by atomic mass is 28.3. The first kappa shape index (κ1) is 30.1. The molecule has 6 heteroatoms. The standard InChI is InChI=1S/C74H60N4OSi/c1-73(2,3)50-42-43-75-70(44-50)78-67-39-21-20-36-62(67)63-41-40-53(46-68(63)78)79-52-25-22-24-51(45-52)76-49-77-71-64(37-23-38-66(71)74(4,5)6)60-34-18-16-32-58(60)59-33-17-19-35-61(59)65-47-57(48-69(76)72(65)77)80(54-26-10-7-11-27-54,55-28-12-8-13-29-55)56-30-14-9-15-31-56/h7-48H,1-6H3/i7D,8D,9D,10D,11D,12D,13D,14D,15D,16D,17D,18D,19D,26D,27D,28D,29D,30D,31D,32D,33D,34D,35D. The van der Waals surface area contributed by atoms with E-state index >= 15 is 0 Å². The lowest BCUT2D eigenvalue weighted by Crippen LogP contribution is -2.74. The van der Waals surface area contributed by atoms with Crippen LogP contribution in [0.1, 0.15) is 84.2 Å². The number of imidazole rings is 1. The van der Waals surface area contributed by atoms with Crippen LogP contribution in [0, 0.1) is 6.33 Å². The van der Waals surface area contributed by atoms with Crippen molar-refractivity contribution >= 4 is 61.7 Å². The molecule has 0 radical (unpaired) electrons. The molecule has 0 N–H and O–H groups in total. The maximum Gasteiger partial charge on any atom is 0.269 e. The molecule has 1 aliphatic heterocycles. The van der Waals surface area contributed by atoms with Gasteiger partial charge in [0.1, 0.15) is 17.3 Å². The topological polar surface area (TPSA) is 35.9 Å². The molecular formula is C74H60N4OSi. The van der Waals surface area contributed by atoms with Crippen LogP contribution in [0.5, 0.6) is 11.5 Å². The summed E-state index contributed by atoms with van der Waals surface area (Å²) in [4.78, 5) is 4.85. The van der Waals surface area contributed by atoms with Crippen molar-refractivity contribution in [3.05, 3.63) is 272 Å². The second kappa shape index (κ2) is 18.9. The van der Waals surface area contributed by atoms with Crippen LogP contribution in [0.25, 0.3) is 83.4 Å². The van der Waals surface area contributed by atoms with Crippen LogP contribution < -0.4 is 30.1 Å². The van der Waals surface area contributed by atoms with Crippen molar-refractivity contribution in [2.24, 2.45) is 0 Å². The maximum absolute atomic E-state index is 10.3. The van der Waals surface area contributed by atoms with Crippen molar-refractivity contribution in [3.8, 4) is 62.1 Å². The molecule has 1 aliphatic rings. The highest BCUT2D eigenvalue weighted by Gasteiger charge is 2.43. The van der Waals surface area contributed by atoms with Gasteiger partial charge in [-0.3, -0.25) is 13.7 Å². The molecule has 0 amide bonds. The lowest BCUT2D eigenvalue weighted by molar-refractivity contribution is -0.572. The molecule has 386 valence electrons. The smallest absolute Gasteiger partial charge is 0.269 e. The van der Waals surface area contributed by atoms with Gasteiger partial charge in [-0.05, 0) is 125 Å². The van der Waals surface area contributed by atoms with E-state index in [-0.39, 0.29) is 50.3 Å². The molecule has 0 spiro atoms. The van der Waals surface area contributed by atoms with Crippen molar-refractivity contribution < 1.29 is 40.8 Å². The Morgan fingerprint density at radius 3 is 1.69 bits per heavy atom. The number of nitrogens with zero attached hydrogens (tertiary/aromatic N) is 4. The van der Waals surface area contributed by atoms with Gasteiger partial charge in [0.15, 0.2) is 8.07 Å². The SMILES string of the molecule is [2H]c1c([2H])c([2H])c([Si](c2cc3c4c(c2)n(-c2cccc(Oc5ccc6c7ccccc7n(-c7cc(C(C)(C)C)ccn7)c6c5)c2)[c-][n+]4-c2c(cccc2C(C)(C)C)-c2c([2H])c([2H])c([2H])c([2H])c2-c2c([2H])c([2H])c([2H])c([2H])c2-3)(c2c([2H])c([2H])c([2H])c([2H])c2[2H])c2c([2H])c([2H])c([2H])c([2H])c2[2H])c([2H])c1[2H]. The number of para-hydroxylation sites is 2. The van der Waals surface area contributed by atoms with E-state index in [4.69, 9.17) is 13.8 Å². The van der Waals surface area contributed by atoms with Gasteiger partial charge >= 0.3 is 0 Å². The number of hydrogen-bond acceptors (Lipinski definition) is 2. The molecule has 0 fully saturated rings. The fourth-order valence-electron chi connectivity index (χ4n) is 11.2. The van der Waals surface area contributed by atoms with E-state index in [9.17, 15) is 27.4 Å². The molecule has 0 saturated heterocycles. The molecule has 4 heterocycles. The number of ether oxygens (including phenoxy) is 1. The second-order valence-corrected chi connectivity index (χ2v) is 25.2. The summed E-state index contributed by atoms with van der Waals surface area (Å²) in [6, 6.07) is 10.2. The first-order chi connectivity index (χ1) is 48.5. The Bertz CT molecular complexity index is 5700. The Morgan fingerprint density at radius 1 is 0.475 bits per heavy atom. The minimum Gasteiger partial charge on any atom is -0.458 e. The summed E-state index contributed by atoms with van der Waals surface area (Å²) in [6.45, 7) is 12.0. The zero-order chi connectivity index (χ0) is 74.3. The normalized spacial score (nSPS) is 16.4. The van der Waals surface area contributed by atoms with Crippen LogP contribution in [0.3, 0.4) is 0 Å². The average Bonchev–Trinajstić information content (AvgIpc) is 1.66. The largest absolute Gasteiger partial charge is 0.458 e. The van der Waals surface area contributed by atoms with Gasteiger partial charge in [-0.15, -0.1) is 0 Å². The Morgan fingerprint density at radius 2 is 1.05 bits per heavy atom. The van der Waals surface area contributed by atoms with E-state index < -0.39 is 190 Å². The summed E-state index contributed by atoms with van der Waals surface area (Å²) in [7, 11) is -6.13. The maximum atomic E-state index is 10.3. The van der Waals surface area contributed by atoms with Crippen LogP contribution in [0.4, 0.5) is 0 Å². The van der Waals surface area contributed by atoms with Crippen molar-refractivity contribution in [1.29, 1.82) is 0 Å². The molecule has 0 bridgehead atoms. The summed E-state index contributed by atoms with van der Waals surface area (Å²) >= 11 is 0. The van der Waals surface area contributed by atoms with E-state index in [0.29, 0.717) is 17.1 Å². The quantitative estimate of drug-likeness (QED) is 0.0658. The zero-order valence-electron chi connectivity index (χ0n) is 67.2. The van der Waals surface area contributed by atoms with Gasteiger partial charge in [-0.2, -0.15) is 0 Å². The first-order valence-corrected chi connectivity index (χ1v) is 27.9. The van der Waals surface area contributed by atoms with Crippen LogP contribution in [-0.2, 0) is 10.8 Å². The first-order valence-electron chi connectivity index (χ1n) is 37.4. The van der Waals surface area contributed by atoms with Gasteiger partial charge in [0.05, 0.1) is 65.0 Å². The van der Waals surface area contributed by atoms with E-state index in [1.165, 1.54) is 16.7 Å². The lowest BCUT2D eigenvalue weighted by Gasteiger charge is -2.35. The Hall–Kier alpha value is -9.36. The number of fused-ring (bicyclic) bond motifs is 10. The van der Waals surface area contributed by atoms with Gasteiger partial charge in [0.25, 0.3) is 6.33 Å². The van der Waals surface area contributed by atoms with Crippen LogP contribution in [0.15, 0.2) is 254 Å². The molecular weight excluding hydrogens is 989 g/mol. The molecule has 0 saturated carbocycles. The number of pyridine rings is 1. The Kier molecular flexibility index (Phi) is 7.13. The number of hydrogen-bond donors (Lipinski definition) is 0. The Labute approximate surface area is 501 Å². The van der Waals surface area contributed by atoms with Gasteiger partial charge in [0, 0.05) is 23.0 Å². The summed E-state index contributed by atoms with van der Waals surface area (Å²) in [5.74, 6) is 1.25. The number of rotatable bonds is 8. The van der Waals surface area contributed by atoms with Crippen molar-refractivity contribution in [3.63, 3.8) is 0 Å². The van der Waals surface area contributed by atoms with Crippen molar-refractivity contribution in [2.75, 3.05) is 0 Å². The molecule has 0 unspecified atom stereocenters. The van der Waals surface area contributed by atoms with Crippen LogP contribution >= 0.6 is 0 Å². The summed E-state index contributed by atoms with van der Waals surface area (Å²) < 4.78 is 233. The van der Waals surface area contributed by atoms with Crippen molar-refractivity contribution in [2.45, 2.75) is 52.4 Å². The zero-order valence-corrected chi connectivity index (χ0v) is 45.2. The number of benzene rings is 10. The molecule has 80 heavy (non-hydrogen) atoms. The predicted octanol–water partition coefficient (Wildman–Crippen LogP) is 15.3. The molecule has 0 aliphatic carbocycles. The number of aromatic nitrogens is 4. The predicted molar refractivity (Wildman–Crippen MR) is 333 cm³/mol. The summed E-state index contributed by atoms with van der Waals surface area (Å²) in [6.07, 6.45) is 5.30. The van der Waals surface area contributed by atoms with Crippen molar-refractivity contribution in [1.82, 2.24) is 14.1 Å². The Balaban J connectivity index is 1.21. The molecule has 10 aromatic carbocycles. The van der Waals surface area contributed by atoms with Gasteiger partial charge in [-0.25, -0.2) is 4.98 Å². The highest BCUT2D eigenvalue weighted by molar-refractivity contribution is 7.20. The van der Waals surface area contributed by atoms with Crippen LogP contribution in [-0.4, -0.2) is 22.2 Å². The van der Waals surface area contributed by atoms with Gasteiger partial charge in [0.2, 0.25) is 0 Å². The van der Waals surface area contributed by atoms with E-state index in [0.717, 1.165) is 27.4 Å². The monoisotopic (exact) mass is 1070 g/mol. The third-order valence-electron chi connectivity index (χ3n) is 14.8. The fourth-order valence-corrected chi connectivity index (χ4v) is 15.0. The van der Waals surface area contributed by atoms with Gasteiger partial charge in [-0.1, -0.05) is 235 Å². The summed E-state index contributed by atoms with van der Waals surface area (Å²) in [5.41, 5.74) is 0.582. The molecule has 14 rings (SSSR count). The minimum absolute atomic E-state index is 0.0316. The molecule has 13 aromatic rings. The highest BCUT2D eigenvalue weighted by Crippen LogP contribution is 2.45. The molecule has 3 aromatic heterocycles. The van der Waals surface area contributed by atoms with Gasteiger partial charge < -0.3 is 4.74 Å². The van der Waals surface area contributed by atoms with E-state index in [1.54, 1.807) is 53.2 Å². The third kappa shape index (κ3) is 7.96. The molecule has 5 nitrogen and oxygen atoms in total. The average molecular weight is 1070 g/mol. The third-order valence-corrected chi connectivity index (χ3v) is 19.0. The summed E-state index contributed by atoms with van der Waals surface area (Å²) in [5, 5.41) is -1.14. The minimum atomic E-state index is -6.13. The van der Waals surface area contributed by atoms with Crippen LogP contribution in [0.2, 0.25) is 0 Å². The van der Waals surface area contributed by atoms with E-state index in [1.807, 2.05) is 75.4 Å². The lowest BCUT2D eigenvalue weighted by atomic mass is 9.82.